The van der Waals surface area contributed by atoms with Gasteiger partial charge < -0.3 is 14.2 Å². The Labute approximate surface area is 194 Å². The number of nitrogens with zero attached hydrogens (tertiary/aromatic N) is 1. The number of amides is 1. The second-order valence-corrected chi connectivity index (χ2v) is 7.48. The van der Waals surface area contributed by atoms with Crippen molar-refractivity contribution in [3.05, 3.63) is 87.9 Å². The molecule has 0 aliphatic rings. The Morgan fingerprint density at radius 2 is 1.75 bits per heavy atom. The fraction of sp³-hybridized carbons (Fsp3) is 0.125. The number of carbonyl (C=O) groups is 2. The number of hydrogen-bond acceptors (Lipinski definition) is 6. The molecular formula is C24H21BrN2O5. The van der Waals surface area contributed by atoms with Gasteiger partial charge in [-0.15, -0.1) is 0 Å². The molecule has 164 valence electrons. The number of carbonyl (C=O) groups excluding carboxylic acids is 2. The number of nitrogens with one attached hydrogen (secondary N) is 1. The number of ether oxygens (including phenoxy) is 3. The molecular weight excluding hydrogens is 476 g/mol. The van der Waals surface area contributed by atoms with Crippen LogP contribution in [0.4, 0.5) is 0 Å². The molecule has 0 atom stereocenters. The monoisotopic (exact) mass is 496 g/mol. The number of hydrogen-bond donors (Lipinski definition) is 1. The van der Waals surface area contributed by atoms with E-state index in [2.05, 4.69) is 26.5 Å². The van der Waals surface area contributed by atoms with Gasteiger partial charge in [0, 0.05) is 4.47 Å². The predicted octanol–water partition coefficient (Wildman–Crippen LogP) is 4.51. The summed E-state index contributed by atoms with van der Waals surface area (Å²) >= 11 is 3.33. The maximum absolute atomic E-state index is 12.4. The van der Waals surface area contributed by atoms with Gasteiger partial charge in [0.25, 0.3) is 5.91 Å². The van der Waals surface area contributed by atoms with Crippen molar-refractivity contribution in [3.8, 4) is 17.2 Å². The Bertz CT molecular complexity index is 1150. The quantitative estimate of drug-likeness (QED) is 0.214. The highest BCUT2D eigenvalue weighted by Gasteiger charge is 2.15. The van der Waals surface area contributed by atoms with E-state index >= 15 is 0 Å². The zero-order chi connectivity index (χ0) is 22.9. The van der Waals surface area contributed by atoms with Crippen molar-refractivity contribution in [2.24, 2.45) is 5.10 Å². The molecule has 3 rings (SSSR count). The molecule has 7 nitrogen and oxygen atoms in total. The van der Waals surface area contributed by atoms with E-state index in [4.69, 9.17) is 14.2 Å². The molecule has 0 radical (unpaired) electrons. The van der Waals surface area contributed by atoms with Crippen LogP contribution in [0.15, 0.2) is 76.3 Å². The van der Waals surface area contributed by atoms with Gasteiger partial charge >= 0.3 is 5.97 Å². The van der Waals surface area contributed by atoms with Crippen LogP contribution in [-0.2, 0) is 4.79 Å². The van der Waals surface area contributed by atoms with Crippen LogP contribution in [0.1, 0.15) is 21.5 Å². The molecule has 32 heavy (non-hydrogen) atoms. The van der Waals surface area contributed by atoms with Gasteiger partial charge in [0.1, 0.15) is 5.75 Å². The van der Waals surface area contributed by atoms with Crippen LogP contribution in [0, 0.1) is 6.92 Å². The van der Waals surface area contributed by atoms with Crippen molar-refractivity contribution >= 4 is 34.0 Å². The fourth-order valence-corrected chi connectivity index (χ4v) is 3.15. The lowest BCUT2D eigenvalue weighted by atomic mass is 10.2. The summed E-state index contributed by atoms with van der Waals surface area (Å²) in [5.41, 5.74) is 4.39. The first kappa shape index (κ1) is 23.0. The largest absolute Gasteiger partial charge is 0.493 e. The molecule has 0 fully saturated rings. The van der Waals surface area contributed by atoms with Gasteiger partial charge in [-0.2, -0.15) is 5.10 Å². The third-order valence-electron chi connectivity index (χ3n) is 4.34. The number of hydrazone groups is 1. The standard InChI is InChI=1S/C24H21BrN2O5/c1-16-7-3-6-10-20(16)31-15-23(28)27-26-14-17-11-12-21(22(13-17)30-2)32-24(29)18-8-4-5-9-19(18)25/h3-14H,15H2,1-2H3,(H,27,28)/b26-14+. The average molecular weight is 497 g/mol. The molecule has 3 aromatic carbocycles. The number of methoxy groups -OCH3 is 1. The van der Waals surface area contributed by atoms with Crippen LogP contribution >= 0.6 is 15.9 Å². The Morgan fingerprint density at radius 3 is 2.50 bits per heavy atom. The number of aryl methyl sites for hydroxylation is 1. The molecule has 3 aromatic rings. The molecule has 0 aromatic heterocycles. The van der Waals surface area contributed by atoms with Crippen molar-refractivity contribution < 1.29 is 23.8 Å². The van der Waals surface area contributed by atoms with Crippen LogP contribution < -0.4 is 19.6 Å². The first-order valence-corrected chi connectivity index (χ1v) is 10.4. The number of rotatable bonds is 8. The Hall–Kier alpha value is -3.65. The van der Waals surface area contributed by atoms with Gasteiger partial charge in [0.2, 0.25) is 0 Å². The van der Waals surface area contributed by atoms with E-state index in [1.165, 1.54) is 13.3 Å². The smallest absolute Gasteiger partial charge is 0.344 e. The van der Waals surface area contributed by atoms with E-state index in [0.717, 1.165) is 5.56 Å². The Kier molecular flexibility index (Phi) is 7.99. The van der Waals surface area contributed by atoms with E-state index in [1.807, 2.05) is 31.2 Å². The van der Waals surface area contributed by atoms with Crippen molar-refractivity contribution in [2.45, 2.75) is 6.92 Å². The predicted molar refractivity (Wildman–Crippen MR) is 125 cm³/mol. The number of para-hydroxylation sites is 1. The Balaban J connectivity index is 1.58. The van der Waals surface area contributed by atoms with E-state index in [9.17, 15) is 9.59 Å². The van der Waals surface area contributed by atoms with E-state index in [0.29, 0.717) is 27.1 Å². The van der Waals surface area contributed by atoms with Crippen LogP contribution in [0.3, 0.4) is 0 Å². The zero-order valence-electron chi connectivity index (χ0n) is 17.5. The van der Waals surface area contributed by atoms with E-state index in [1.54, 1.807) is 42.5 Å². The van der Waals surface area contributed by atoms with Gasteiger partial charge in [-0.3, -0.25) is 4.79 Å². The average Bonchev–Trinajstić information content (AvgIpc) is 2.79. The summed E-state index contributed by atoms with van der Waals surface area (Å²) in [7, 11) is 1.47. The molecule has 0 saturated carbocycles. The molecule has 0 aliphatic heterocycles. The van der Waals surface area contributed by atoms with Gasteiger partial charge in [0.05, 0.1) is 18.9 Å². The molecule has 0 unspecified atom stereocenters. The van der Waals surface area contributed by atoms with Crippen molar-refractivity contribution in [1.82, 2.24) is 5.43 Å². The van der Waals surface area contributed by atoms with Crippen molar-refractivity contribution in [2.75, 3.05) is 13.7 Å². The van der Waals surface area contributed by atoms with Gasteiger partial charge in [-0.25, -0.2) is 10.2 Å². The highest BCUT2D eigenvalue weighted by molar-refractivity contribution is 9.10. The first-order chi connectivity index (χ1) is 15.5. The fourth-order valence-electron chi connectivity index (χ4n) is 2.70. The molecule has 1 amide bonds. The lowest BCUT2D eigenvalue weighted by Crippen LogP contribution is -2.24. The molecule has 0 saturated heterocycles. The van der Waals surface area contributed by atoms with Crippen LogP contribution in [0.2, 0.25) is 0 Å². The van der Waals surface area contributed by atoms with Crippen LogP contribution in [0.25, 0.3) is 0 Å². The lowest BCUT2D eigenvalue weighted by molar-refractivity contribution is -0.123. The lowest BCUT2D eigenvalue weighted by Gasteiger charge is -2.10. The SMILES string of the molecule is COc1cc(/C=N/NC(=O)COc2ccccc2C)ccc1OC(=O)c1ccccc1Br. The van der Waals surface area contributed by atoms with Crippen LogP contribution in [-0.4, -0.2) is 31.8 Å². The first-order valence-electron chi connectivity index (χ1n) is 9.63. The number of esters is 1. The van der Waals surface area contributed by atoms with Crippen molar-refractivity contribution in [3.63, 3.8) is 0 Å². The molecule has 0 spiro atoms. The highest BCUT2D eigenvalue weighted by Crippen LogP contribution is 2.29. The summed E-state index contributed by atoms with van der Waals surface area (Å²) in [4.78, 5) is 24.4. The van der Waals surface area contributed by atoms with Crippen LogP contribution in [0.5, 0.6) is 17.2 Å². The summed E-state index contributed by atoms with van der Waals surface area (Å²) in [5, 5.41) is 3.93. The molecule has 0 bridgehead atoms. The summed E-state index contributed by atoms with van der Waals surface area (Å²) < 4.78 is 16.9. The van der Waals surface area contributed by atoms with E-state index in [-0.39, 0.29) is 12.4 Å². The highest BCUT2D eigenvalue weighted by atomic mass is 79.9. The Morgan fingerprint density at radius 1 is 1.00 bits per heavy atom. The summed E-state index contributed by atoms with van der Waals surface area (Å²) in [6.45, 7) is 1.74. The summed E-state index contributed by atoms with van der Waals surface area (Å²) in [6.07, 6.45) is 1.45. The topological polar surface area (TPSA) is 86.2 Å². The normalized spacial score (nSPS) is 10.6. The van der Waals surface area contributed by atoms with Gasteiger partial charge in [-0.05, 0) is 70.4 Å². The zero-order valence-corrected chi connectivity index (χ0v) is 19.1. The maximum atomic E-state index is 12.4. The minimum absolute atomic E-state index is 0.157. The number of halogens is 1. The second kappa shape index (κ2) is 11.1. The maximum Gasteiger partial charge on any atom is 0.344 e. The summed E-state index contributed by atoms with van der Waals surface area (Å²) in [5.74, 6) is 0.349. The number of benzene rings is 3. The second-order valence-electron chi connectivity index (χ2n) is 6.63. The molecule has 0 aliphatic carbocycles. The minimum Gasteiger partial charge on any atom is -0.493 e. The minimum atomic E-state index is -0.516. The molecule has 8 heteroatoms. The van der Waals surface area contributed by atoms with Gasteiger partial charge in [0.15, 0.2) is 18.1 Å². The van der Waals surface area contributed by atoms with E-state index < -0.39 is 11.9 Å². The molecule has 0 heterocycles. The summed E-state index contributed by atoms with van der Waals surface area (Å²) in [6, 6.07) is 19.3. The third-order valence-corrected chi connectivity index (χ3v) is 5.03. The van der Waals surface area contributed by atoms with Crippen molar-refractivity contribution in [1.29, 1.82) is 0 Å². The molecule has 1 N–H and O–H groups in total. The third kappa shape index (κ3) is 6.18. The van der Waals surface area contributed by atoms with Gasteiger partial charge in [-0.1, -0.05) is 30.3 Å².